The standard InChI is InChI=1S/C10H10Br2N2S2/c1-5-2-6(4-15-5)9(14-13)8-3-7(11)10(12)16-8/h2-4,9,14H,13H2,1H3. The first-order valence-electron chi connectivity index (χ1n) is 4.57. The van der Waals surface area contributed by atoms with Crippen LogP contribution in [0.2, 0.25) is 0 Å². The van der Waals surface area contributed by atoms with E-state index >= 15 is 0 Å². The van der Waals surface area contributed by atoms with Gasteiger partial charge in [-0.3, -0.25) is 5.84 Å². The maximum Gasteiger partial charge on any atom is 0.0843 e. The van der Waals surface area contributed by atoms with Crippen molar-refractivity contribution < 1.29 is 0 Å². The lowest BCUT2D eigenvalue weighted by molar-refractivity contribution is 0.648. The minimum absolute atomic E-state index is 0.0672. The smallest absolute Gasteiger partial charge is 0.0843 e. The second kappa shape index (κ2) is 5.29. The molecular formula is C10H10Br2N2S2. The molecule has 0 aliphatic rings. The van der Waals surface area contributed by atoms with Crippen molar-refractivity contribution >= 4 is 54.5 Å². The van der Waals surface area contributed by atoms with Crippen LogP contribution < -0.4 is 11.3 Å². The van der Waals surface area contributed by atoms with E-state index in [1.54, 1.807) is 22.7 Å². The van der Waals surface area contributed by atoms with Gasteiger partial charge < -0.3 is 0 Å². The van der Waals surface area contributed by atoms with Gasteiger partial charge in [0.25, 0.3) is 0 Å². The van der Waals surface area contributed by atoms with Gasteiger partial charge in [0.1, 0.15) is 0 Å². The Kier molecular flexibility index (Phi) is 4.21. The topological polar surface area (TPSA) is 38.0 Å². The Hall–Kier alpha value is 0.280. The lowest BCUT2D eigenvalue weighted by Crippen LogP contribution is -2.27. The molecular weight excluding hydrogens is 372 g/mol. The number of rotatable bonds is 3. The third-order valence-electron chi connectivity index (χ3n) is 2.20. The van der Waals surface area contributed by atoms with E-state index in [-0.39, 0.29) is 6.04 Å². The lowest BCUT2D eigenvalue weighted by Gasteiger charge is -2.12. The van der Waals surface area contributed by atoms with Gasteiger partial charge in [0, 0.05) is 14.2 Å². The van der Waals surface area contributed by atoms with Crippen LogP contribution in [0.25, 0.3) is 0 Å². The van der Waals surface area contributed by atoms with Crippen molar-refractivity contribution in [1.82, 2.24) is 5.43 Å². The second-order valence-corrected chi connectivity index (χ2v) is 7.73. The van der Waals surface area contributed by atoms with E-state index < -0.39 is 0 Å². The molecule has 2 rings (SSSR count). The molecule has 86 valence electrons. The number of nitrogens with two attached hydrogens (primary N) is 1. The van der Waals surface area contributed by atoms with Gasteiger partial charge in [-0.15, -0.1) is 22.7 Å². The summed E-state index contributed by atoms with van der Waals surface area (Å²) >= 11 is 10.4. The van der Waals surface area contributed by atoms with Gasteiger partial charge in [0.05, 0.1) is 9.83 Å². The molecule has 2 heterocycles. The van der Waals surface area contributed by atoms with Gasteiger partial charge in [0.15, 0.2) is 0 Å². The van der Waals surface area contributed by atoms with Crippen LogP contribution >= 0.6 is 54.5 Å². The van der Waals surface area contributed by atoms with E-state index in [1.165, 1.54) is 15.3 Å². The van der Waals surface area contributed by atoms with Crippen molar-refractivity contribution in [3.05, 3.63) is 41.1 Å². The average molecular weight is 382 g/mol. The maximum atomic E-state index is 5.64. The highest BCUT2D eigenvalue weighted by Crippen LogP contribution is 2.38. The maximum absolute atomic E-state index is 5.64. The molecule has 1 unspecified atom stereocenters. The fourth-order valence-corrected chi connectivity index (χ4v) is 4.37. The van der Waals surface area contributed by atoms with E-state index in [0.717, 1.165) is 8.26 Å². The summed E-state index contributed by atoms with van der Waals surface area (Å²) in [6, 6.07) is 4.32. The predicted molar refractivity (Wildman–Crippen MR) is 77.9 cm³/mol. The summed E-state index contributed by atoms with van der Waals surface area (Å²) in [4.78, 5) is 2.49. The van der Waals surface area contributed by atoms with Crippen LogP contribution in [-0.4, -0.2) is 0 Å². The molecule has 0 aromatic carbocycles. The fraction of sp³-hybridized carbons (Fsp3) is 0.200. The summed E-state index contributed by atoms with van der Waals surface area (Å²) in [7, 11) is 0. The largest absolute Gasteiger partial charge is 0.271 e. The minimum atomic E-state index is 0.0672. The molecule has 0 saturated carbocycles. The molecule has 6 heteroatoms. The van der Waals surface area contributed by atoms with Crippen LogP contribution in [0.5, 0.6) is 0 Å². The Balaban J connectivity index is 2.36. The van der Waals surface area contributed by atoms with Crippen LogP contribution in [-0.2, 0) is 0 Å². The third-order valence-corrected chi connectivity index (χ3v) is 6.40. The van der Waals surface area contributed by atoms with Gasteiger partial charge in [-0.1, -0.05) is 0 Å². The summed E-state index contributed by atoms with van der Waals surface area (Å²) < 4.78 is 2.16. The summed E-state index contributed by atoms with van der Waals surface area (Å²) in [5, 5.41) is 2.14. The molecule has 0 saturated heterocycles. The molecule has 2 nitrogen and oxygen atoms in total. The van der Waals surface area contributed by atoms with Crippen molar-refractivity contribution in [2.24, 2.45) is 5.84 Å². The first kappa shape index (κ1) is 12.7. The van der Waals surface area contributed by atoms with Gasteiger partial charge in [-0.2, -0.15) is 0 Å². The number of nitrogens with one attached hydrogen (secondary N) is 1. The molecule has 0 fully saturated rings. The first-order chi connectivity index (χ1) is 7.61. The minimum Gasteiger partial charge on any atom is -0.271 e. The number of aryl methyl sites for hydroxylation is 1. The summed E-state index contributed by atoms with van der Waals surface area (Å²) in [5.41, 5.74) is 4.08. The molecule has 0 bridgehead atoms. The second-order valence-electron chi connectivity index (χ2n) is 3.36. The van der Waals surface area contributed by atoms with E-state index in [0.29, 0.717) is 0 Å². The van der Waals surface area contributed by atoms with Gasteiger partial charge in [0.2, 0.25) is 0 Å². The molecule has 0 aliphatic heterocycles. The van der Waals surface area contributed by atoms with E-state index in [4.69, 9.17) is 5.84 Å². The summed E-state index contributed by atoms with van der Waals surface area (Å²) in [6.07, 6.45) is 0. The SMILES string of the molecule is Cc1cc(C(NN)c2cc(Br)c(Br)s2)cs1. The Bertz CT molecular complexity index is 473. The van der Waals surface area contributed by atoms with E-state index in [2.05, 4.69) is 61.7 Å². The Labute approximate surface area is 119 Å². The number of thiophene rings is 2. The van der Waals surface area contributed by atoms with Crippen molar-refractivity contribution in [2.75, 3.05) is 0 Å². The van der Waals surface area contributed by atoms with Crippen molar-refractivity contribution in [3.63, 3.8) is 0 Å². The number of hydrogen-bond donors (Lipinski definition) is 2. The van der Waals surface area contributed by atoms with Gasteiger partial charge in [-0.05, 0) is 61.9 Å². The number of hydrogen-bond acceptors (Lipinski definition) is 4. The molecule has 0 radical (unpaired) electrons. The monoisotopic (exact) mass is 380 g/mol. The molecule has 0 aliphatic carbocycles. The average Bonchev–Trinajstić information content (AvgIpc) is 2.77. The quantitative estimate of drug-likeness (QED) is 0.617. The van der Waals surface area contributed by atoms with Crippen LogP contribution in [0, 0.1) is 6.92 Å². The van der Waals surface area contributed by atoms with Crippen molar-refractivity contribution in [3.8, 4) is 0 Å². The van der Waals surface area contributed by atoms with E-state index in [1.807, 2.05) is 0 Å². The zero-order valence-corrected chi connectivity index (χ0v) is 13.3. The summed E-state index contributed by atoms with van der Waals surface area (Å²) in [6.45, 7) is 2.10. The van der Waals surface area contributed by atoms with Crippen molar-refractivity contribution in [2.45, 2.75) is 13.0 Å². The number of halogens is 2. The highest BCUT2D eigenvalue weighted by atomic mass is 79.9. The molecule has 16 heavy (non-hydrogen) atoms. The Morgan fingerprint density at radius 3 is 2.56 bits per heavy atom. The molecule has 3 N–H and O–H groups in total. The zero-order valence-electron chi connectivity index (χ0n) is 8.46. The molecule has 1 atom stereocenters. The van der Waals surface area contributed by atoms with Crippen LogP contribution in [0.3, 0.4) is 0 Å². The van der Waals surface area contributed by atoms with Crippen molar-refractivity contribution in [1.29, 1.82) is 0 Å². The van der Waals surface area contributed by atoms with Gasteiger partial charge in [-0.25, -0.2) is 5.43 Å². The fourth-order valence-electron chi connectivity index (χ4n) is 1.46. The summed E-state index contributed by atoms with van der Waals surface area (Å²) in [5.74, 6) is 5.64. The van der Waals surface area contributed by atoms with E-state index in [9.17, 15) is 0 Å². The van der Waals surface area contributed by atoms with Crippen LogP contribution in [0.4, 0.5) is 0 Å². The molecule has 0 amide bonds. The van der Waals surface area contributed by atoms with Crippen LogP contribution in [0.15, 0.2) is 25.8 Å². The normalized spacial score (nSPS) is 13.0. The van der Waals surface area contributed by atoms with Gasteiger partial charge >= 0.3 is 0 Å². The zero-order chi connectivity index (χ0) is 11.7. The van der Waals surface area contributed by atoms with Crippen LogP contribution in [0.1, 0.15) is 21.4 Å². The number of hydrazine groups is 1. The first-order valence-corrected chi connectivity index (χ1v) is 7.86. The molecule has 0 spiro atoms. The lowest BCUT2D eigenvalue weighted by atomic mass is 10.1. The predicted octanol–water partition coefficient (Wildman–Crippen LogP) is 4.20. The highest BCUT2D eigenvalue weighted by molar-refractivity contribution is 9.13. The third kappa shape index (κ3) is 2.57. The molecule has 2 aromatic rings. The highest BCUT2D eigenvalue weighted by Gasteiger charge is 2.17. The molecule has 2 aromatic heterocycles. The Morgan fingerprint density at radius 2 is 2.12 bits per heavy atom. The Morgan fingerprint density at radius 1 is 1.38 bits per heavy atom.